The van der Waals surface area contributed by atoms with Gasteiger partial charge in [-0.05, 0) is 17.5 Å². The van der Waals surface area contributed by atoms with E-state index in [1.165, 1.54) is 18.7 Å². The molecular formula is C24H25N3O4S. The fraction of sp³-hybridized carbons (Fsp3) is 0.333. The van der Waals surface area contributed by atoms with Gasteiger partial charge in [-0.15, -0.1) is 11.8 Å². The third-order valence-corrected chi connectivity index (χ3v) is 7.84. The average Bonchev–Trinajstić information content (AvgIpc) is 2.95. The predicted octanol–water partition coefficient (Wildman–Crippen LogP) is 1.74. The number of amides is 4. The Hall–Kier alpha value is -3.13. The van der Waals surface area contributed by atoms with Crippen molar-refractivity contribution < 1.29 is 19.2 Å². The van der Waals surface area contributed by atoms with Gasteiger partial charge in [0.25, 0.3) is 0 Å². The van der Waals surface area contributed by atoms with Crippen molar-refractivity contribution in [2.45, 2.75) is 36.6 Å². The van der Waals surface area contributed by atoms with Crippen molar-refractivity contribution in [2.75, 3.05) is 5.75 Å². The van der Waals surface area contributed by atoms with Crippen LogP contribution in [0.3, 0.4) is 0 Å². The highest BCUT2D eigenvalue weighted by molar-refractivity contribution is 8.01. The first-order chi connectivity index (χ1) is 15.4. The van der Waals surface area contributed by atoms with Crippen LogP contribution in [0.2, 0.25) is 0 Å². The number of nitrogens with one attached hydrogen (secondary N) is 3. The molecule has 1 aliphatic heterocycles. The molecule has 0 bridgehead atoms. The topological polar surface area (TPSA) is 104 Å². The summed E-state index contributed by atoms with van der Waals surface area (Å²) in [6, 6.07) is 18.3. The van der Waals surface area contributed by atoms with Crippen molar-refractivity contribution in [1.82, 2.24) is 16.0 Å². The summed E-state index contributed by atoms with van der Waals surface area (Å²) in [5, 5.41) is 8.01. The van der Waals surface area contributed by atoms with Gasteiger partial charge in [-0.1, -0.05) is 60.7 Å². The maximum absolute atomic E-state index is 12.9. The molecule has 2 fully saturated rings. The van der Waals surface area contributed by atoms with Gasteiger partial charge in [-0.3, -0.25) is 24.5 Å². The minimum Gasteiger partial charge on any atom is -0.350 e. The largest absolute Gasteiger partial charge is 0.350 e. The summed E-state index contributed by atoms with van der Waals surface area (Å²) in [6.07, 6.45) is 0.583. The standard InChI is InChI=1S/C24H25N3O4S/c1-15(28)26-20(22(30)25-13-16-8-4-2-5-9-16)14-32-24-18(17-10-6-3-7-11-17)12-19(24)21(29)27-23(24)31/h2-11,18-20H,12-14H2,1H3,(H,25,30)(H,26,28)(H,27,29,31)/t18-,19-,20-,24+/m1/s1. The van der Waals surface area contributed by atoms with Gasteiger partial charge in [0.15, 0.2) is 0 Å². The second-order valence-corrected chi connectivity index (χ2v) is 9.43. The maximum atomic E-state index is 12.9. The summed E-state index contributed by atoms with van der Waals surface area (Å²) in [5.41, 5.74) is 1.93. The van der Waals surface area contributed by atoms with E-state index in [2.05, 4.69) is 16.0 Å². The molecule has 2 aliphatic rings. The molecule has 8 heteroatoms. The molecule has 2 aromatic rings. The molecule has 7 nitrogen and oxygen atoms in total. The van der Waals surface area contributed by atoms with Gasteiger partial charge in [0, 0.05) is 25.1 Å². The van der Waals surface area contributed by atoms with E-state index in [1.807, 2.05) is 60.7 Å². The lowest BCUT2D eigenvalue weighted by molar-refractivity contribution is -0.127. The average molecular weight is 452 g/mol. The van der Waals surface area contributed by atoms with Gasteiger partial charge in [0.1, 0.15) is 10.8 Å². The highest BCUT2D eigenvalue weighted by Crippen LogP contribution is 2.60. The zero-order chi connectivity index (χ0) is 22.7. The lowest BCUT2D eigenvalue weighted by atomic mass is 9.62. The molecule has 0 aromatic heterocycles. The molecule has 0 spiro atoms. The Morgan fingerprint density at radius 2 is 1.72 bits per heavy atom. The van der Waals surface area contributed by atoms with Gasteiger partial charge in [-0.2, -0.15) is 0 Å². The SMILES string of the molecule is CC(=O)N[C@H](CS[C@]12C(=O)NC(=O)[C@H]1C[C@@H]2c1ccccc1)C(=O)NCc1ccccc1. The van der Waals surface area contributed by atoms with E-state index >= 15 is 0 Å². The first-order valence-corrected chi connectivity index (χ1v) is 11.5. The second-order valence-electron chi connectivity index (χ2n) is 8.13. The Morgan fingerprint density at radius 3 is 2.34 bits per heavy atom. The molecule has 1 saturated heterocycles. The highest BCUT2D eigenvalue weighted by atomic mass is 32.2. The van der Waals surface area contributed by atoms with Crippen LogP contribution in [-0.2, 0) is 25.7 Å². The number of hydrogen-bond acceptors (Lipinski definition) is 5. The van der Waals surface area contributed by atoms with Crippen molar-refractivity contribution in [3.8, 4) is 0 Å². The zero-order valence-corrected chi connectivity index (χ0v) is 18.5. The molecule has 4 atom stereocenters. The number of hydrogen-bond donors (Lipinski definition) is 3. The molecule has 1 aliphatic carbocycles. The fourth-order valence-corrected chi connectivity index (χ4v) is 6.17. The first-order valence-electron chi connectivity index (χ1n) is 10.5. The number of imide groups is 1. The van der Waals surface area contributed by atoms with Crippen molar-refractivity contribution in [3.05, 3.63) is 71.8 Å². The molecule has 32 heavy (non-hydrogen) atoms. The predicted molar refractivity (Wildman–Crippen MR) is 122 cm³/mol. The quantitative estimate of drug-likeness (QED) is 0.531. The third-order valence-electron chi connectivity index (χ3n) is 6.11. The molecule has 1 heterocycles. The van der Waals surface area contributed by atoms with E-state index < -0.39 is 16.7 Å². The smallest absolute Gasteiger partial charge is 0.244 e. The Balaban J connectivity index is 1.50. The van der Waals surface area contributed by atoms with E-state index in [9.17, 15) is 19.2 Å². The van der Waals surface area contributed by atoms with Crippen LogP contribution < -0.4 is 16.0 Å². The molecule has 2 aromatic carbocycles. The van der Waals surface area contributed by atoms with Crippen molar-refractivity contribution >= 4 is 35.4 Å². The number of carbonyl (C=O) groups excluding carboxylic acids is 4. The normalized spacial score (nSPS) is 24.7. The molecular weight excluding hydrogens is 426 g/mol. The molecule has 4 rings (SSSR count). The van der Waals surface area contributed by atoms with Crippen LogP contribution in [0.1, 0.15) is 30.4 Å². The Kier molecular flexibility index (Phi) is 6.32. The van der Waals surface area contributed by atoms with Crippen molar-refractivity contribution in [3.63, 3.8) is 0 Å². The summed E-state index contributed by atoms with van der Waals surface area (Å²) >= 11 is 1.29. The lowest BCUT2D eigenvalue weighted by Gasteiger charge is -2.48. The Bertz CT molecular complexity index is 1030. The van der Waals surface area contributed by atoms with Crippen LogP contribution in [-0.4, -0.2) is 40.2 Å². The van der Waals surface area contributed by atoms with Crippen LogP contribution in [0.15, 0.2) is 60.7 Å². The summed E-state index contributed by atoms with van der Waals surface area (Å²) in [4.78, 5) is 49.9. The Labute approximate surface area is 190 Å². The highest BCUT2D eigenvalue weighted by Gasteiger charge is 2.68. The maximum Gasteiger partial charge on any atom is 0.244 e. The summed E-state index contributed by atoms with van der Waals surface area (Å²) in [5.74, 6) is -1.63. The van der Waals surface area contributed by atoms with Gasteiger partial charge < -0.3 is 10.6 Å². The minimum atomic E-state index is -0.963. The minimum absolute atomic E-state index is 0.129. The first kappa shape index (κ1) is 22.1. The van der Waals surface area contributed by atoms with Crippen molar-refractivity contribution in [1.29, 1.82) is 0 Å². The number of rotatable bonds is 8. The van der Waals surface area contributed by atoms with Gasteiger partial charge in [0.05, 0.1) is 5.92 Å². The van der Waals surface area contributed by atoms with Crippen LogP contribution in [0.25, 0.3) is 0 Å². The number of fused-ring (bicyclic) bond motifs is 1. The van der Waals surface area contributed by atoms with Gasteiger partial charge >= 0.3 is 0 Å². The third kappa shape index (κ3) is 4.14. The monoisotopic (exact) mass is 451 g/mol. The van der Waals surface area contributed by atoms with Crippen LogP contribution in [0.5, 0.6) is 0 Å². The van der Waals surface area contributed by atoms with E-state index in [0.29, 0.717) is 13.0 Å². The van der Waals surface area contributed by atoms with Gasteiger partial charge in [-0.25, -0.2) is 0 Å². The molecule has 0 unspecified atom stereocenters. The van der Waals surface area contributed by atoms with Crippen molar-refractivity contribution in [2.24, 2.45) is 5.92 Å². The molecule has 0 radical (unpaired) electrons. The molecule has 1 saturated carbocycles. The molecule has 3 N–H and O–H groups in total. The number of benzene rings is 2. The van der Waals surface area contributed by atoms with Crippen LogP contribution in [0, 0.1) is 5.92 Å². The van der Waals surface area contributed by atoms with E-state index in [-0.39, 0.29) is 35.3 Å². The lowest BCUT2D eigenvalue weighted by Crippen LogP contribution is -2.56. The zero-order valence-electron chi connectivity index (χ0n) is 17.7. The molecule has 166 valence electrons. The van der Waals surface area contributed by atoms with E-state index in [4.69, 9.17) is 0 Å². The number of carbonyl (C=O) groups is 4. The van der Waals surface area contributed by atoms with Crippen LogP contribution >= 0.6 is 11.8 Å². The fourth-order valence-electron chi connectivity index (χ4n) is 4.48. The van der Waals surface area contributed by atoms with E-state index in [1.54, 1.807) is 0 Å². The van der Waals surface area contributed by atoms with E-state index in [0.717, 1.165) is 11.1 Å². The second kappa shape index (κ2) is 9.16. The summed E-state index contributed by atoms with van der Waals surface area (Å²) in [7, 11) is 0. The molecule has 4 amide bonds. The summed E-state index contributed by atoms with van der Waals surface area (Å²) in [6.45, 7) is 1.69. The van der Waals surface area contributed by atoms with Gasteiger partial charge in [0.2, 0.25) is 23.6 Å². The Morgan fingerprint density at radius 1 is 1.06 bits per heavy atom. The summed E-state index contributed by atoms with van der Waals surface area (Å²) < 4.78 is -0.963. The van der Waals surface area contributed by atoms with Crippen LogP contribution in [0.4, 0.5) is 0 Å². The number of thioether (sulfide) groups is 1.